The highest BCUT2D eigenvalue weighted by atomic mass is 16.6. The Labute approximate surface area is 322 Å². The molecule has 2 aliphatic heterocycles. The molecule has 2 fully saturated rings. The lowest BCUT2D eigenvalue weighted by molar-refractivity contribution is -0.225. The standard InChI is InChI=1S/C44H62N2O8/c1-12-37-28(5)39(52-29(6)47)41(53-30(7)48)40(54-37)35-23-33(34(26(2)3)24-36(35)49)22-32-14-13-31(21-27(32)4)15-16-43(8,9)38(50)25-44(10,11)42(51)46-19-17-45-18-20-46/h13-16,21,23-24,26,28,37,39-41,45,49H,12,17-20,22,25H2,1-11H3/b16-15+/t28-,37-,39+,40+,41-/m1/s1. The Kier molecular flexibility index (Phi) is 13.9. The predicted octanol–water partition coefficient (Wildman–Crippen LogP) is 7.22. The number of amides is 1. The molecule has 10 nitrogen and oxygen atoms in total. The van der Waals surface area contributed by atoms with E-state index in [1.54, 1.807) is 6.07 Å². The van der Waals surface area contributed by atoms with Crippen LogP contribution in [-0.4, -0.2) is 78.1 Å². The van der Waals surface area contributed by atoms with Crippen LogP contribution in [0.25, 0.3) is 6.08 Å². The molecule has 2 aromatic carbocycles. The molecule has 296 valence electrons. The van der Waals surface area contributed by atoms with Crippen LogP contribution in [0.15, 0.2) is 36.4 Å². The van der Waals surface area contributed by atoms with Gasteiger partial charge in [0.2, 0.25) is 5.91 Å². The molecule has 0 unspecified atom stereocenters. The summed E-state index contributed by atoms with van der Waals surface area (Å²) < 4.78 is 18.1. The van der Waals surface area contributed by atoms with Crippen molar-refractivity contribution in [2.45, 2.75) is 126 Å². The second-order valence-corrected chi connectivity index (χ2v) is 16.7. The van der Waals surface area contributed by atoms with Gasteiger partial charge in [-0.15, -0.1) is 0 Å². The number of phenolic OH excluding ortho intramolecular Hbond substituents is 1. The number of nitrogens with one attached hydrogen (secondary N) is 1. The van der Waals surface area contributed by atoms with E-state index in [1.807, 2.05) is 70.7 Å². The van der Waals surface area contributed by atoms with E-state index >= 15 is 0 Å². The molecular formula is C44H62N2O8. The lowest BCUT2D eigenvalue weighted by atomic mass is 9.76. The quantitative estimate of drug-likeness (QED) is 0.204. The number of benzene rings is 2. The van der Waals surface area contributed by atoms with Crippen LogP contribution in [0.5, 0.6) is 5.75 Å². The van der Waals surface area contributed by atoms with Crippen molar-refractivity contribution in [3.63, 3.8) is 0 Å². The van der Waals surface area contributed by atoms with Gasteiger partial charge in [0.25, 0.3) is 0 Å². The third-order valence-electron chi connectivity index (χ3n) is 11.0. The summed E-state index contributed by atoms with van der Waals surface area (Å²) in [5.74, 6) is -1.09. The largest absolute Gasteiger partial charge is 0.508 e. The smallest absolute Gasteiger partial charge is 0.303 e. The Balaban J connectivity index is 1.59. The Hall–Kier alpha value is -4.02. The molecule has 0 saturated carbocycles. The van der Waals surface area contributed by atoms with E-state index in [0.29, 0.717) is 31.5 Å². The topological polar surface area (TPSA) is 131 Å². The van der Waals surface area contributed by atoms with Gasteiger partial charge < -0.3 is 29.5 Å². The SMILES string of the molecule is CC[C@H]1O[C@@H](c2cc(Cc3ccc(/C=C/C(C)(C)C(=O)CC(C)(C)C(=O)N4CCNCC4)cc3C)c(C(C)C)cc2O)[C@H](OC(C)=O)[C@@H](OC(C)=O)[C@@H]1C. The maximum Gasteiger partial charge on any atom is 0.303 e. The Morgan fingerprint density at radius 1 is 0.981 bits per heavy atom. The number of ketones is 1. The fraction of sp³-hybridized carbons (Fsp3) is 0.591. The maximum absolute atomic E-state index is 13.5. The molecule has 2 saturated heterocycles. The van der Waals surface area contributed by atoms with Crippen molar-refractivity contribution in [2.75, 3.05) is 26.2 Å². The first-order valence-corrected chi connectivity index (χ1v) is 19.4. The number of hydrogen-bond donors (Lipinski definition) is 2. The number of phenols is 1. The number of ether oxygens (including phenoxy) is 3. The van der Waals surface area contributed by atoms with E-state index in [-0.39, 0.29) is 41.8 Å². The first kappa shape index (κ1) is 42.7. The van der Waals surface area contributed by atoms with Crippen LogP contribution in [0.2, 0.25) is 0 Å². The zero-order valence-electron chi connectivity index (χ0n) is 34.2. The third-order valence-corrected chi connectivity index (χ3v) is 11.0. The van der Waals surface area contributed by atoms with Gasteiger partial charge in [-0.25, -0.2) is 0 Å². The zero-order valence-corrected chi connectivity index (χ0v) is 34.2. The van der Waals surface area contributed by atoms with E-state index in [4.69, 9.17) is 14.2 Å². The minimum atomic E-state index is -0.949. The minimum absolute atomic E-state index is 0.0155. The lowest BCUT2D eigenvalue weighted by Gasteiger charge is -2.44. The molecular weight excluding hydrogens is 684 g/mol. The highest BCUT2D eigenvalue weighted by Gasteiger charge is 2.48. The molecule has 0 bridgehead atoms. The summed E-state index contributed by atoms with van der Waals surface area (Å²) in [6.07, 6.45) is 2.41. The van der Waals surface area contributed by atoms with Gasteiger partial charge >= 0.3 is 11.9 Å². The van der Waals surface area contributed by atoms with Gasteiger partial charge in [-0.05, 0) is 79.5 Å². The molecule has 0 aromatic heterocycles. The molecule has 4 rings (SSSR count). The molecule has 2 heterocycles. The Morgan fingerprint density at radius 3 is 2.19 bits per heavy atom. The highest BCUT2D eigenvalue weighted by Crippen LogP contribution is 2.44. The summed E-state index contributed by atoms with van der Waals surface area (Å²) in [5, 5.41) is 14.7. The molecule has 1 amide bonds. The number of allylic oxidation sites excluding steroid dienone is 1. The average Bonchev–Trinajstić information content (AvgIpc) is 3.10. The summed E-state index contributed by atoms with van der Waals surface area (Å²) in [6, 6.07) is 9.92. The Bertz CT molecular complexity index is 1720. The lowest BCUT2D eigenvalue weighted by Crippen LogP contribution is -2.52. The van der Waals surface area contributed by atoms with Crippen LogP contribution in [-0.2, 0) is 39.8 Å². The number of carbonyl (C=O) groups excluding carboxylic acids is 4. The van der Waals surface area contributed by atoms with Crippen molar-refractivity contribution in [2.24, 2.45) is 16.7 Å². The van der Waals surface area contributed by atoms with Crippen LogP contribution in [0.1, 0.15) is 127 Å². The van der Waals surface area contributed by atoms with Crippen LogP contribution in [0.3, 0.4) is 0 Å². The summed E-state index contributed by atoms with van der Waals surface area (Å²) in [5.41, 5.74) is 4.01. The van der Waals surface area contributed by atoms with Crippen molar-refractivity contribution in [3.05, 3.63) is 69.8 Å². The van der Waals surface area contributed by atoms with Gasteiger partial charge in [0.1, 0.15) is 23.7 Å². The van der Waals surface area contributed by atoms with Gasteiger partial charge in [0.05, 0.1) is 11.5 Å². The second-order valence-electron chi connectivity index (χ2n) is 16.7. The predicted molar refractivity (Wildman–Crippen MR) is 210 cm³/mol. The molecule has 0 aliphatic carbocycles. The van der Waals surface area contributed by atoms with Gasteiger partial charge in [-0.2, -0.15) is 0 Å². The number of piperazine rings is 1. The number of nitrogens with zero attached hydrogens (tertiary/aromatic N) is 1. The molecule has 54 heavy (non-hydrogen) atoms. The van der Waals surface area contributed by atoms with Gasteiger partial charge in [0.15, 0.2) is 6.10 Å². The summed E-state index contributed by atoms with van der Waals surface area (Å²) in [6.45, 7) is 23.1. The number of rotatable bonds is 13. The zero-order chi connectivity index (χ0) is 40.1. The average molecular weight is 747 g/mol. The monoisotopic (exact) mass is 746 g/mol. The summed E-state index contributed by atoms with van der Waals surface area (Å²) >= 11 is 0. The summed E-state index contributed by atoms with van der Waals surface area (Å²) in [7, 11) is 0. The van der Waals surface area contributed by atoms with Crippen molar-refractivity contribution in [1.82, 2.24) is 10.2 Å². The van der Waals surface area contributed by atoms with Gasteiger partial charge in [-0.3, -0.25) is 19.2 Å². The molecule has 2 N–H and O–H groups in total. The molecule has 10 heteroatoms. The van der Waals surface area contributed by atoms with Crippen LogP contribution >= 0.6 is 0 Å². The first-order chi connectivity index (χ1) is 25.2. The second kappa shape index (κ2) is 17.6. The summed E-state index contributed by atoms with van der Waals surface area (Å²) in [4.78, 5) is 53.2. The van der Waals surface area contributed by atoms with Gasteiger partial charge in [-0.1, -0.05) is 71.9 Å². The normalized spacial score (nSPS) is 22.4. The maximum atomic E-state index is 13.5. The van der Waals surface area contributed by atoms with Crippen molar-refractivity contribution >= 4 is 29.7 Å². The highest BCUT2D eigenvalue weighted by molar-refractivity contribution is 5.93. The molecule has 0 radical (unpaired) electrons. The van der Waals surface area contributed by atoms with E-state index in [1.165, 1.54) is 13.8 Å². The minimum Gasteiger partial charge on any atom is -0.508 e. The van der Waals surface area contributed by atoms with Crippen molar-refractivity contribution in [1.29, 1.82) is 0 Å². The number of Topliss-reactive ketones (excluding diaryl/α,β-unsaturated/α-hetero) is 1. The van der Waals surface area contributed by atoms with Crippen LogP contribution < -0.4 is 5.32 Å². The molecule has 2 aliphatic rings. The van der Waals surface area contributed by atoms with E-state index < -0.39 is 41.1 Å². The molecule has 5 atom stereocenters. The van der Waals surface area contributed by atoms with E-state index in [9.17, 15) is 24.3 Å². The van der Waals surface area contributed by atoms with Gasteiger partial charge in [0, 0.05) is 63.3 Å². The number of aromatic hydroxyl groups is 1. The first-order valence-electron chi connectivity index (χ1n) is 19.4. The number of hydrogen-bond acceptors (Lipinski definition) is 9. The number of esters is 2. The van der Waals surface area contributed by atoms with Crippen molar-refractivity contribution < 1.29 is 38.5 Å². The molecule has 0 spiro atoms. The van der Waals surface area contributed by atoms with E-state index in [0.717, 1.165) is 40.9 Å². The Morgan fingerprint density at radius 2 is 1.61 bits per heavy atom. The fourth-order valence-corrected chi connectivity index (χ4v) is 7.69. The number of carbonyl (C=O) groups is 4. The van der Waals surface area contributed by atoms with E-state index in [2.05, 4.69) is 38.2 Å². The molecule has 2 aromatic rings. The van der Waals surface area contributed by atoms with Crippen LogP contribution in [0.4, 0.5) is 0 Å². The number of aryl methyl sites for hydroxylation is 1. The fourth-order valence-electron chi connectivity index (χ4n) is 7.69. The van der Waals surface area contributed by atoms with Crippen LogP contribution in [0, 0.1) is 23.7 Å². The third kappa shape index (κ3) is 10.2. The van der Waals surface area contributed by atoms with Crippen molar-refractivity contribution in [3.8, 4) is 5.75 Å².